The van der Waals surface area contributed by atoms with Gasteiger partial charge in [0, 0.05) is 11.0 Å². The maximum atomic E-state index is 13.4. The van der Waals surface area contributed by atoms with Crippen LogP contribution in [-0.2, 0) is 6.42 Å². The fourth-order valence-electron chi connectivity index (χ4n) is 2.50. The summed E-state index contributed by atoms with van der Waals surface area (Å²) in [4.78, 5) is 14.2. The van der Waals surface area contributed by atoms with Crippen LogP contribution >= 0.6 is 15.9 Å². The highest BCUT2D eigenvalue weighted by Gasteiger charge is 2.28. The number of nitrogens with zero attached hydrogens (tertiary/aromatic N) is 1. The second-order valence-electron chi connectivity index (χ2n) is 4.69. The minimum Gasteiger partial charge on any atom is -0.397 e. The zero-order valence-electron chi connectivity index (χ0n) is 10.6. The summed E-state index contributed by atoms with van der Waals surface area (Å²) in [5.41, 5.74) is 8.63. The van der Waals surface area contributed by atoms with Gasteiger partial charge in [-0.3, -0.25) is 4.79 Å². The fraction of sp³-hybridized carbons (Fsp3) is 0.133. The van der Waals surface area contributed by atoms with Gasteiger partial charge in [-0.15, -0.1) is 0 Å². The molecule has 2 aromatic carbocycles. The molecule has 0 saturated carbocycles. The molecule has 3 nitrogen and oxygen atoms in total. The van der Waals surface area contributed by atoms with Gasteiger partial charge in [-0.25, -0.2) is 4.39 Å². The van der Waals surface area contributed by atoms with E-state index in [1.165, 1.54) is 18.2 Å². The van der Waals surface area contributed by atoms with Gasteiger partial charge in [0.05, 0.1) is 16.9 Å². The Balaban J connectivity index is 2.04. The monoisotopic (exact) mass is 334 g/mol. The molecule has 1 heterocycles. The molecule has 0 aliphatic carbocycles. The maximum Gasteiger partial charge on any atom is 0.259 e. The molecule has 0 aromatic heterocycles. The molecule has 20 heavy (non-hydrogen) atoms. The minimum atomic E-state index is -0.433. The molecule has 0 saturated heterocycles. The Morgan fingerprint density at radius 2 is 2.10 bits per heavy atom. The van der Waals surface area contributed by atoms with Gasteiger partial charge in [-0.05, 0) is 52.2 Å². The largest absolute Gasteiger partial charge is 0.397 e. The van der Waals surface area contributed by atoms with Crippen molar-refractivity contribution in [1.82, 2.24) is 0 Å². The normalized spacial score (nSPS) is 13.4. The van der Waals surface area contributed by atoms with E-state index >= 15 is 0 Å². The Labute approximate surface area is 124 Å². The third-order valence-electron chi connectivity index (χ3n) is 3.43. The summed E-state index contributed by atoms with van der Waals surface area (Å²) in [5, 5.41) is 0. The van der Waals surface area contributed by atoms with Gasteiger partial charge in [-0.2, -0.15) is 0 Å². The highest BCUT2D eigenvalue weighted by molar-refractivity contribution is 9.10. The van der Waals surface area contributed by atoms with Gasteiger partial charge >= 0.3 is 0 Å². The van der Waals surface area contributed by atoms with Crippen molar-refractivity contribution in [3.05, 3.63) is 57.8 Å². The first kappa shape index (κ1) is 13.1. The van der Waals surface area contributed by atoms with E-state index in [9.17, 15) is 9.18 Å². The first-order chi connectivity index (χ1) is 9.58. The number of hydrogen-bond donors (Lipinski definition) is 1. The zero-order valence-corrected chi connectivity index (χ0v) is 12.2. The molecule has 2 aromatic rings. The van der Waals surface area contributed by atoms with Crippen LogP contribution in [0.15, 0.2) is 40.9 Å². The number of benzene rings is 2. The number of nitrogens with two attached hydrogens (primary N) is 1. The zero-order chi connectivity index (χ0) is 14.3. The van der Waals surface area contributed by atoms with Gasteiger partial charge in [0.1, 0.15) is 5.82 Å². The smallest absolute Gasteiger partial charge is 0.259 e. The molecule has 3 rings (SSSR count). The number of rotatable bonds is 1. The SMILES string of the molecule is Nc1cccc2c1N(C(=O)c1cc(F)ccc1Br)CC2. The summed E-state index contributed by atoms with van der Waals surface area (Å²) in [6.45, 7) is 0.561. The van der Waals surface area contributed by atoms with Crippen molar-refractivity contribution in [3.8, 4) is 0 Å². The summed E-state index contributed by atoms with van der Waals surface area (Å²) in [7, 11) is 0. The van der Waals surface area contributed by atoms with E-state index in [1.54, 1.807) is 11.0 Å². The predicted molar refractivity (Wildman–Crippen MR) is 80.3 cm³/mol. The van der Waals surface area contributed by atoms with Crippen LogP contribution in [0.25, 0.3) is 0 Å². The van der Waals surface area contributed by atoms with Crippen molar-refractivity contribution in [2.45, 2.75) is 6.42 Å². The number of nitrogen functional groups attached to an aromatic ring is 1. The quantitative estimate of drug-likeness (QED) is 0.812. The lowest BCUT2D eigenvalue weighted by atomic mass is 10.1. The summed E-state index contributed by atoms with van der Waals surface area (Å²) in [5.74, 6) is -0.676. The van der Waals surface area contributed by atoms with E-state index in [4.69, 9.17) is 5.73 Å². The standard InChI is InChI=1S/C15H12BrFN2O/c16-12-5-4-10(17)8-11(12)15(20)19-7-6-9-2-1-3-13(18)14(9)19/h1-5,8H,6-7,18H2. The number of fused-ring (bicyclic) bond motifs is 1. The van der Waals surface area contributed by atoms with Crippen LogP contribution in [0.5, 0.6) is 0 Å². The first-order valence-corrected chi connectivity index (χ1v) is 7.01. The maximum absolute atomic E-state index is 13.4. The van der Waals surface area contributed by atoms with E-state index in [-0.39, 0.29) is 5.91 Å². The van der Waals surface area contributed by atoms with Crippen LogP contribution in [0.1, 0.15) is 15.9 Å². The Bertz CT molecular complexity index is 702. The van der Waals surface area contributed by atoms with Gasteiger partial charge in [0.2, 0.25) is 0 Å². The Morgan fingerprint density at radius 3 is 2.90 bits per heavy atom. The summed E-state index contributed by atoms with van der Waals surface area (Å²) in [6.07, 6.45) is 0.763. The third-order valence-corrected chi connectivity index (χ3v) is 4.12. The molecule has 0 bridgehead atoms. The highest BCUT2D eigenvalue weighted by atomic mass is 79.9. The van der Waals surface area contributed by atoms with E-state index in [2.05, 4.69) is 15.9 Å². The van der Waals surface area contributed by atoms with Crippen LogP contribution < -0.4 is 10.6 Å². The minimum absolute atomic E-state index is 0.243. The van der Waals surface area contributed by atoms with Crippen molar-refractivity contribution < 1.29 is 9.18 Å². The average Bonchev–Trinajstić information content (AvgIpc) is 2.86. The number of para-hydroxylation sites is 1. The second-order valence-corrected chi connectivity index (χ2v) is 5.54. The lowest BCUT2D eigenvalue weighted by Crippen LogP contribution is -2.29. The summed E-state index contributed by atoms with van der Waals surface area (Å²) in [6, 6.07) is 9.69. The number of hydrogen-bond acceptors (Lipinski definition) is 2. The summed E-state index contributed by atoms with van der Waals surface area (Å²) >= 11 is 3.29. The average molecular weight is 335 g/mol. The van der Waals surface area contributed by atoms with Gasteiger partial charge in [0.15, 0.2) is 0 Å². The number of amides is 1. The lowest BCUT2D eigenvalue weighted by molar-refractivity contribution is 0.0988. The predicted octanol–water partition coefficient (Wildman–Crippen LogP) is 3.37. The lowest BCUT2D eigenvalue weighted by Gasteiger charge is -2.19. The Morgan fingerprint density at radius 1 is 1.30 bits per heavy atom. The van der Waals surface area contributed by atoms with Crippen LogP contribution in [-0.4, -0.2) is 12.5 Å². The molecule has 0 atom stereocenters. The van der Waals surface area contributed by atoms with Crippen molar-refractivity contribution in [2.24, 2.45) is 0 Å². The van der Waals surface area contributed by atoms with Crippen molar-refractivity contribution in [3.63, 3.8) is 0 Å². The van der Waals surface area contributed by atoms with Crippen LogP contribution in [0, 0.1) is 5.82 Å². The molecule has 0 fully saturated rings. The third kappa shape index (κ3) is 2.08. The molecule has 0 unspecified atom stereocenters. The molecule has 0 radical (unpaired) electrons. The molecule has 2 N–H and O–H groups in total. The highest BCUT2D eigenvalue weighted by Crippen LogP contribution is 2.35. The van der Waals surface area contributed by atoms with Crippen molar-refractivity contribution in [2.75, 3.05) is 17.2 Å². The molecular weight excluding hydrogens is 323 g/mol. The van der Waals surface area contributed by atoms with Crippen LogP contribution in [0.2, 0.25) is 0 Å². The van der Waals surface area contributed by atoms with E-state index in [0.29, 0.717) is 22.3 Å². The van der Waals surface area contributed by atoms with Gasteiger partial charge in [-0.1, -0.05) is 12.1 Å². The number of carbonyl (C=O) groups is 1. The Kier molecular flexibility index (Phi) is 3.22. The van der Waals surface area contributed by atoms with Crippen LogP contribution in [0.4, 0.5) is 15.8 Å². The topological polar surface area (TPSA) is 46.3 Å². The molecule has 0 spiro atoms. The van der Waals surface area contributed by atoms with Gasteiger partial charge < -0.3 is 10.6 Å². The number of carbonyl (C=O) groups excluding carboxylic acids is 1. The first-order valence-electron chi connectivity index (χ1n) is 6.22. The number of anilines is 2. The molecule has 1 aliphatic heterocycles. The fourth-order valence-corrected chi connectivity index (χ4v) is 2.91. The molecule has 5 heteroatoms. The number of halogens is 2. The summed E-state index contributed by atoms with van der Waals surface area (Å²) < 4.78 is 13.9. The van der Waals surface area contributed by atoms with Crippen molar-refractivity contribution >= 4 is 33.2 Å². The molecule has 1 amide bonds. The Hall–Kier alpha value is -1.88. The van der Waals surface area contributed by atoms with Gasteiger partial charge in [0.25, 0.3) is 5.91 Å². The van der Waals surface area contributed by atoms with Crippen molar-refractivity contribution in [1.29, 1.82) is 0 Å². The van der Waals surface area contributed by atoms with E-state index in [0.717, 1.165) is 17.7 Å². The molecular formula is C15H12BrFN2O. The van der Waals surface area contributed by atoms with E-state index in [1.807, 2.05) is 12.1 Å². The van der Waals surface area contributed by atoms with Crippen LogP contribution in [0.3, 0.4) is 0 Å². The second kappa shape index (κ2) is 4.90. The molecule has 1 aliphatic rings. The molecule has 102 valence electrons. The van der Waals surface area contributed by atoms with E-state index < -0.39 is 5.82 Å².